The third-order valence-electron chi connectivity index (χ3n) is 4.37. The summed E-state index contributed by atoms with van der Waals surface area (Å²) in [7, 11) is -0.511. The van der Waals surface area contributed by atoms with E-state index >= 15 is 0 Å². The van der Waals surface area contributed by atoms with Crippen molar-refractivity contribution in [1.29, 1.82) is 0 Å². The summed E-state index contributed by atoms with van der Waals surface area (Å²) in [5.74, 6) is 6.08. The molecule has 1 heteroatoms. The van der Waals surface area contributed by atoms with E-state index in [0.717, 1.165) is 11.8 Å². The SMILES string of the molecule is CC(C)CCS1(CCC(C)C)CCc2ccccc21. The molecule has 0 fully saturated rings. The number of aryl methyl sites for hydroxylation is 1. The highest BCUT2D eigenvalue weighted by Gasteiger charge is 2.33. The Hall–Kier alpha value is -0.430. The van der Waals surface area contributed by atoms with Gasteiger partial charge in [-0.05, 0) is 64.9 Å². The first-order valence-electron chi connectivity index (χ1n) is 7.88. The molecule has 0 saturated heterocycles. The second-order valence-corrected chi connectivity index (χ2v) is 10.6. The Balaban J connectivity index is 2.20. The van der Waals surface area contributed by atoms with Gasteiger partial charge in [-0.25, -0.2) is 10.0 Å². The van der Waals surface area contributed by atoms with Crippen LogP contribution in [0.1, 0.15) is 46.1 Å². The van der Waals surface area contributed by atoms with Crippen LogP contribution in [-0.4, -0.2) is 17.3 Å². The van der Waals surface area contributed by atoms with Gasteiger partial charge in [-0.3, -0.25) is 0 Å². The third kappa shape index (κ3) is 3.56. The zero-order valence-corrected chi connectivity index (χ0v) is 13.9. The molecule has 1 aromatic carbocycles. The number of benzene rings is 1. The molecule has 0 atom stereocenters. The predicted octanol–water partition coefficient (Wildman–Crippen LogP) is 5.50. The van der Waals surface area contributed by atoms with Gasteiger partial charge < -0.3 is 0 Å². The van der Waals surface area contributed by atoms with E-state index < -0.39 is 10.0 Å². The first kappa shape index (κ1) is 15.0. The molecule has 1 aliphatic heterocycles. The molecule has 1 aromatic rings. The minimum absolute atomic E-state index is 0.511. The molecule has 0 radical (unpaired) electrons. The fourth-order valence-electron chi connectivity index (χ4n) is 3.00. The van der Waals surface area contributed by atoms with E-state index in [-0.39, 0.29) is 0 Å². The number of hydrogen-bond acceptors (Lipinski definition) is 0. The molecular formula is C18H30S. The number of rotatable bonds is 6. The van der Waals surface area contributed by atoms with Crippen molar-refractivity contribution in [2.75, 3.05) is 17.3 Å². The Kier molecular flexibility index (Phi) is 5.00. The van der Waals surface area contributed by atoms with Crippen LogP contribution in [0.15, 0.2) is 29.2 Å². The van der Waals surface area contributed by atoms with Crippen molar-refractivity contribution in [3.8, 4) is 0 Å². The van der Waals surface area contributed by atoms with E-state index in [2.05, 4.69) is 52.0 Å². The van der Waals surface area contributed by atoms with Crippen molar-refractivity contribution in [1.82, 2.24) is 0 Å². The second-order valence-electron chi connectivity index (χ2n) is 6.88. The Morgan fingerprint density at radius 1 is 0.947 bits per heavy atom. The average Bonchev–Trinajstić information content (AvgIpc) is 2.74. The molecule has 0 spiro atoms. The third-order valence-corrected chi connectivity index (χ3v) is 8.72. The Morgan fingerprint density at radius 3 is 2.11 bits per heavy atom. The molecule has 108 valence electrons. The van der Waals surface area contributed by atoms with Gasteiger partial charge in [0.05, 0.1) is 0 Å². The Labute approximate surface area is 121 Å². The van der Waals surface area contributed by atoms with Crippen LogP contribution < -0.4 is 0 Å². The van der Waals surface area contributed by atoms with Crippen LogP contribution in [0.2, 0.25) is 0 Å². The van der Waals surface area contributed by atoms with Crippen molar-refractivity contribution in [3.05, 3.63) is 29.8 Å². The van der Waals surface area contributed by atoms with Gasteiger partial charge >= 0.3 is 0 Å². The van der Waals surface area contributed by atoms with Crippen LogP contribution in [0.5, 0.6) is 0 Å². The molecule has 0 bridgehead atoms. The van der Waals surface area contributed by atoms with Crippen LogP contribution in [0.25, 0.3) is 0 Å². The first-order valence-corrected chi connectivity index (χ1v) is 10.0. The molecule has 0 unspecified atom stereocenters. The normalized spacial score (nSPS) is 18.8. The van der Waals surface area contributed by atoms with E-state index in [9.17, 15) is 0 Å². The molecule has 1 aliphatic rings. The van der Waals surface area contributed by atoms with Gasteiger partial charge in [-0.1, -0.05) is 45.9 Å². The van der Waals surface area contributed by atoms with Crippen LogP contribution in [0.3, 0.4) is 0 Å². The van der Waals surface area contributed by atoms with E-state index in [1.54, 1.807) is 10.5 Å². The van der Waals surface area contributed by atoms with Gasteiger partial charge in [0.25, 0.3) is 0 Å². The van der Waals surface area contributed by atoms with E-state index in [0.29, 0.717) is 0 Å². The van der Waals surface area contributed by atoms with Crippen LogP contribution in [0, 0.1) is 11.8 Å². The fraction of sp³-hybridized carbons (Fsp3) is 0.667. The summed E-state index contributed by atoms with van der Waals surface area (Å²) >= 11 is 0. The molecule has 0 saturated carbocycles. The standard InChI is InChI=1S/C18H30S/c1-15(2)9-12-19(13-10-16(3)4)14-11-17-7-5-6-8-18(17)19/h5-8,15-16H,9-14H2,1-4H3. The molecule has 0 nitrogen and oxygen atoms in total. The Bertz CT molecular complexity index is 394. The van der Waals surface area contributed by atoms with Gasteiger partial charge in [0.1, 0.15) is 0 Å². The lowest BCUT2D eigenvalue weighted by Gasteiger charge is -2.38. The van der Waals surface area contributed by atoms with Gasteiger partial charge in [0.2, 0.25) is 0 Å². The summed E-state index contributed by atoms with van der Waals surface area (Å²) in [5.41, 5.74) is 1.66. The molecule has 19 heavy (non-hydrogen) atoms. The molecule has 0 N–H and O–H groups in total. The van der Waals surface area contributed by atoms with Crippen LogP contribution in [0.4, 0.5) is 0 Å². The van der Waals surface area contributed by atoms with Crippen LogP contribution in [-0.2, 0) is 6.42 Å². The van der Waals surface area contributed by atoms with Gasteiger partial charge in [0.15, 0.2) is 0 Å². The van der Waals surface area contributed by atoms with Gasteiger partial charge in [0, 0.05) is 0 Å². The summed E-state index contributed by atoms with van der Waals surface area (Å²) in [6.45, 7) is 9.49. The highest BCUT2D eigenvalue weighted by atomic mass is 32.3. The average molecular weight is 279 g/mol. The van der Waals surface area contributed by atoms with Crippen molar-refractivity contribution < 1.29 is 0 Å². The van der Waals surface area contributed by atoms with Crippen molar-refractivity contribution in [2.24, 2.45) is 11.8 Å². The summed E-state index contributed by atoms with van der Waals surface area (Å²) in [6.07, 6.45) is 4.14. The number of fused-ring (bicyclic) bond motifs is 1. The molecule has 0 aliphatic carbocycles. The monoisotopic (exact) mass is 278 g/mol. The zero-order chi connectivity index (χ0) is 13.9. The lowest BCUT2D eigenvalue weighted by molar-refractivity contribution is 0.619. The molecule has 0 amide bonds. The van der Waals surface area contributed by atoms with Gasteiger partial charge in [-0.15, -0.1) is 0 Å². The Morgan fingerprint density at radius 2 is 1.53 bits per heavy atom. The largest absolute Gasteiger partial charge is 0.214 e. The maximum absolute atomic E-state index is 2.44. The predicted molar refractivity (Wildman–Crippen MR) is 89.5 cm³/mol. The minimum atomic E-state index is -0.511. The van der Waals surface area contributed by atoms with E-state index in [1.807, 2.05) is 0 Å². The molecule has 1 heterocycles. The lowest BCUT2D eigenvalue weighted by atomic mass is 10.2. The van der Waals surface area contributed by atoms with Crippen LogP contribution >= 0.6 is 10.0 Å². The van der Waals surface area contributed by atoms with Crippen molar-refractivity contribution >= 4 is 10.0 Å². The highest BCUT2D eigenvalue weighted by molar-refractivity contribution is 8.34. The first-order chi connectivity index (χ1) is 9.03. The topological polar surface area (TPSA) is 0 Å². The maximum Gasteiger partial charge on any atom is -0.00664 e. The van der Waals surface area contributed by atoms with Crippen molar-refractivity contribution in [3.63, 3.8) is 0 Å². The smallest absolute Gasteiger partial charge is 0.00664 e. The van der Waals surface area contributed by atoms with Gasteiger partial charge in [-0.2, -0.15) is 0 Å². The second kappa shape index (κ2) is 6.35. The highest BCUT2D eigenvalue weighted by Crippen LogP contribution is 2.62. The summed E-state index contributed by atoms with van der Waals surface area (Å²) in [4.78, 5) is 1.76. The maximum atomic E-state index is 2.44. The fourth-order valence-corrected chi connectivity index (χ4v) is 7.82. The zero-order valence-electron chi connectivity index (χ0n) is 13.1. The van der Waals surface area contributed by atoms with E-state index in [4.69, 9.17) is 0 Å². The van der Waals surface area contributed by atoms with Crippen molar-refractivity contribution in [2.45, 2.75) is 51.9 Å². The lowest BCUT2D eigenvalue weighted by Crippen LogP contribution is -2.14. The quantitative estimate of drug-likeness (QED) is 0.644. The summed E-state index contributed by atoms with van der Waals surface area (Å²) in [5, 5.41) is 0. The van der Waals surface area contributed by atoms with E-state index in [1.165, 1.54) is 36.5 Å². The molecule has 0 aromatic heterocycles. The molecular weight excluding hydrogens is 248 g/mol. The minimum Gasteiger partial charge on any atom is -0.214 e. The molecule has 2 rings (SSSR count). The summed E-state index contributed by atoms with van der Waals surface area (Å²) in [6, 6.07) is 9.29. The number of hydrogen-bond donors (Lipinski definition) is 0. The summed E-state index contributed by atoms with van der Waals surface area (Å²) < 4.78 is 0.